The monoisotopic (exact) mass is 259 g/mol. The maximum absolute atomic E-state index is 9.94. The molecule has 11 heavy (non-hydrogen) atoms. The Labute approximate surface area is 79.9 Å². The molecule has 0 amide bonds. The Kier molecular flexibility index (Phi) is 3.56. The van der Waals surface area contributed by atoms with Crippen LogP contribution in [0.2, 0.25) is 0 Å². The second-order valence-corrected chi connectivity index (χ2v) is 3.52. The van der Waals surface area contributed by atoms with Crippen LogP contribution in [0, 0.1) is 3.57 Å². The van der Waals surface area contributed by atoms with E-state index >= 15 is 0 Å². The van der Waals surface area contributed by atoms with E-state index in [-0.39, 0.29) is 0 Å². The number of hydrogen-bond acceptors (Lipinski definition) is 1. The van der Waals surface area contributed by atoms with Crippen molar-refractivity contribution in [1.29, 1.82) is 0 Å². The minimum Gasteiger partial charge on any atom is -0.291 e. The van der Waals surface area contributed by atoms with Gasteiger partial charge in [-0.2, -0.15) is 0 Å². The van der Waals surface area contributed by atoms with Gasteiger partial charge in [0.15, 0.2) is 6.29 Å². The van der Waals surface area contributed by atoms with Gasteiger partial charge in [0.2, 0.25) is 0 Å². The summed E-state index contributed by atoms with van der Waals surface area (Å²) in [6.45, 7) is 0. The maximum Gasteiger partial charge on any atom is 0.198 e. The SMILES string of the molecule is O=[C]CCc1cccc(I)c1. The topological polar surface area (TPSA) is 17.1 Å². The summed E-state index contributed by atoms with van der Waals surface area (Å²) in [5.74, 6) is 0. The Morgan fingerprint density at radius 3 is 2.91 bits per heavy atom. The number of halogens is 1. The maximum atomic E-state index is 9.94. The van der Waals surface area contributed by atoms with Crippen molar-refractivity contribution in [2.45, 2.75) is 12.8 Å². The third-order valence-corrected chi connectivity index (χ3v) is 2.08. The zero-order valence-electron chi connectivity index (χ0n) is 6.01. The van der Waals surface area contributed by atoms with Crippen molar-refractivity contribution in [1.82, 2.24) is 0 Å². The molecule has 0 atom stereocenters. The lowest BCUT2D eigenvalue weighted by atomic mass is 10.1. The van der Waals surface area contributed by atoms with Crippen molar-refractivity contribution in [3.8, 4) is 0 Å². The molecule has 0 aromatic heterocycles. The van der Waals surface area contributed by atoms with Crippen LogP contribution in [-0.4, -0.2) is 6.29 Å². The Morgan fingerprint density at radius 2 is 2.27 bits per heavy atom. The van der Waals surface area contributed by atoms with Crippen molar-refractivity contribution >= 4 is 28.9 Å². The van der Waals surface area contributed by atoms with Crippen molar-refractivity contribution in [2.24, 2.45) is 0 Å². The fourth-order valence-corrected chi connectivity index (χ4v) is 1.50. The second kappa shape index (κ2) is 4.49. The standard InChI is InChI=1S/C9H8IO/c10-9-5-1-3-8(7-9)4-2-6-11/h1,3,5,7H,2,4H2. The van der Waals surface area contributed by atoms with Gasteiger partial charge in [-0.15, -0.1) is 0 Å². The Hall–Kier alpha value is -0.380. The Balaban J connectivity index is 2.63. The molecular formula is C9H8IO. The summed E-state index contributed by atoms with van der Waals surface area (Å²) in [5, 5.41) is 0. The van der Waals surface area contributed by atoms with Gasteiger partial charge in [-0.05, 0) is 46.7 Å². The molecule has 0 spiro atoms. The molecule has 0 aliphatic rings. The van der Waals surface area contributed by atoms with Gasteiger partial charge in [-0.3, -0.25) is 4.79 Å². The first-order valence-electron chi connectivity index (χ1n) is 3.42. The minimum absolute atomic E-state index is 0.500. The molecule has 0 bridgehead atoms. The fourth-order valence-electron chi connectivity index (χ4n) is 0.888. The van der Waals surface area contributed by atoms with E-state index in [4.69, 9.17) is 0 Å². The van der Waals surface area contributed by atoms with E-state index in [0.29, 0.717) is 6.42 Å². The first-order chi connectivity index (χ1) is 5.33. The molecule has 0 unspecified atom stereocenters. The van der Waals surface area contributed by atoms with Gasteiger partial charge in [-0.1, -0.05) is 12.1 Å². The van der Waals surface area contributed by atoms with Crippen molar-refractivity contribution in [3.05, 3.63) is 33.4 Å². The average molecular weight is 259 g/mol. The lowest BCUT2D eigenvalue weighted by Gasteiger charge is -1.96. The Morgan fingerprint density at radius 1 is 1.45 bits per heavy atom. The highest BCUT2D eigenvalue weighted by Gasteiger charge is 1.92. The van der Waals surface area contributed by atoms with Crippen LogP contribution < -0.4 is 0 Å². The molecule has 1 aromatic rings. The van der Waals surface area contributed by atoms with E-state index in [2.05, 4.69) is 28.7 Å². The van der Waals surface area contributed by atoms with E-state index in [0.717, 1.165) is 6.42 Å². The van der Waals surface area contributed by atoms with Gasteiger partial charge in [0.25, 0.3) is 0 Å². The molecule has 0 fully saturated rings. The van der Waals surface area contributed by atoms with E-state index < -0.39 is 0 Å². The van der Waals surface area contributed by atoms with E-state index in [1.165, 1.54) is 9.13 Å². The molecule has 1 rings (SSSR count). The summed E-state index contributed by atoms with van der Waals surface area (Å²) in [7, 11) is 0. The first-order valence-corrected chi connectivity index (χ1v) is 4.50. The average Bonchev–Trinajstić information content (AvgIpc) is 2.01. The fraction of sp³-hybridized carbons (Fsp3) is 0.222. The predicted octanol–water partition coefficient (Wildman–Crippen LogP) is 2.33. The quantitative estimate of drug-likeness (QED) is 0.761. The zero-order valence-corrected chi connectivity index (χ0v) is 8.17. The van der Waals surface area contributed by atoms with E-state index in [1.807, 2.05) is 24.5 Å². The zero-order chi connectivity index (χ0) is 8.10. The smallest absolute Gasteiger partial charge is 0.198 e. The number of hydrogen-bond donors (Lipinski definition) is 0. The highest BCUT2D eigenvalue weighted by molar-refractivity contribution is 14.1. The third kappa shape index (κ3) is 3.01. The van der Waals surface area contributed by atoms with Crippen LogP contribution in [0.3, 0.4) is 0 Å². The number of carbonyl (C=O) groups excluding carboxylic acids is 1. The first kappa shape index (κ1) is 8.71. The number of aryl methyl sites for hydroxylation is 1. The van der Waals surface area contributed by atoms with Crippen LogP contribution in [0.1, 0.15) is 12.0 Å². The van der Waals surface area contributed by atoms with Gasteiger partial charge in [0.1, 0.15) is 0 Å². The van der Waals surface area contributed by atoms with E-state index in [9.17, 15) is 4.79 Å². The highest BCUT2D eigenvalue weighted by atomic mass is 127. The third-order valence-electron chi connectivity index (χ3n) is 1.40. The molecule has 0 N–H and O–H groups in total. The molecule has 1 aromatic carbocycles. The largest absolute Gasteiger partial charge is 0.291 e. The van der Waals surface area contributed by atoms with Crippen LogP contribution in [0.15, 0.2) is 24.3 Å². The van der Waals surface area contributed by atoms with Crippen molar-refractivity contribution < 1.29 is 4.79 Å². The molecule has 1 nitrogen and oxygen atoms in total. The minimum atomic E-state index is 0.500. The van der Waals surface area contributed by atoms with Gasteiger partial charge >= 0.3 is 0 Å². The molecule has 0 saturated heterocycles. The number of rotatable bonds is 3. The van der Waals surface area contributed by atoms with Crippen LogP contribution in [0.5, 0.6) is 0 Å². The van der Waals surface area contributed by atoms with E-state index in [1.54, 1.807) is 0 Å². The molecule has 0 aliphatic heterocycles. The summed E-state index contributed by atoms with van der Waals surface area (Å²) in [5.41, 5.74) is 1.21. The Bertz CT molecular complexity index is 245. The predicted molar refractivity (Wildman–Crippen MR) is 53.2 cm³/mol. The summed E-state index contributed by atoms with van der Waals surface area (Å²) >= 11 is 2.26. The highest BCUT2D eigenvalue weighted by Crippen LogP contribution is 2.08. The normalized spacial score (nSPS) is 9.55. The molecule has 0 heterocycles. The van der Waals surface area contributed by atoms with Gasteiger partial charge < -0.3 is 0 Å². The molecule has 57 valence electrons. The summed E-state index contributed by atoms with van der Waals surface area (Å²) < 4.78 is 1.21. The second-order valence-electron chi connectivity index (χ2n) is 2.27. The van der Waals surface area contributed by atoms with Gasteiger partial charge in [0, 0.05) is 9.99 Å². The number of benzene rings is 1. The van der Waals surface area contributed by atoms with Crippen LogP contribution in [-0.2, 0) is 11.2 Å². The van der Waals surface area contributed by atoms with Crippen molar-refractivity contribution in [2.75, 3.05) is 0 Å². The van der Waals surface area contributed by atoms with Gasteiger partial charge in [-0.25, -0.2) is 0 Å². The van der Waals surface area contributed by atoms with Crippen molar-refractivity contribution in [3.63, 3.8) is 0 Å². The summed E-state index contributed by atoms with van der Waals surface area (Å²) in [6, 6.07) is 8.15. The molecule has 0 aliphatic carbocycles. The molecule has 0 saturated carbocycles. The van der Waals surface area contributed by atoms with Crippen LogP contribution in [0.25, 0.3) is 0 Å². The van der Waals surface area contributed by atoms with Crippen LogP contribution in [0.4, 0.5) is 0 Å². The summed E-state index contributed by atoms with van der Waals surface area (Å²) in [4.78, 5) is 9.94. The lowest BCUT2D eigenvalue weighted by molar-refractivity contribution is 0.551. The molecular weight excluding hydrogens is 251 g/mol. The molecule has 2 heteroatoms. The van der Waals surface area contributed by atoms with Gasteiger partial charge in [0.05, 0.1) is 0 Å². The lowest BCUT2D eigenvalue weighted by Crippen LogP contribution is -1.85. The summed E-state index contributed by atoms with van der Waals surface area (Å²) in [6.07, 6.45) is 3.19. The van der Waals surface area contributed by atoms with Crippen LogP contribution >= 0.6 is 22.6 Å². The molecule has 1 radical (unpaired) electrons.